The van der Waals surface area contributed by atoms with Gasteiger partial charge in [-0.2, -0.15) is 13.2 Å². The third-order valence-electron chi connectivity index (χ3n) is 10.1. The zero-order valence-electron chi connectivity index (χ0n) is 30.4. The smallest absolute Gasteiger partial charge is 0.416 e. The molecule has 2 atom stereocenters. The van der Waals surface area contributed by atoms with Crippen molar-refractivity contribution in [3.05, 3.63) is 91.6 Å². The summed E-state index contributed by atoms with van der Waals surface area (Å²) in [5.41, 5.74) is 4.25. The Hall–Kier alpha value is -3.99. The molecule has 1 heterocycles. The number of pyridine rings is 1. The SMILES string of the molecule is CCOC(=O)CC(NC(=O)C(CC(C)C)n1cc(CCN(C)C2CC2)c(C(F)(F)F)cc1=O)c1cc2c(c(-c3c(C)cc(F)cc3C)c1)CCC2. The molecule has 2 aliphatic rings. The van der Waals surface area contributed by atoms with Crippen LogP contribution in [0.15, 0.2) is 41.3 Å². The molecule has 0 aliphatic heterocycles. The summed E-state index contributed by atoms with van der Waals surface area (Å²) >= 11 is 0. The summed E-state index contributed by atoms with van der Waals surface area (Å²) in [6.45, 7) is 9.66. The first kappa shape index (κ1) is 38.2. The molecule has 11 heteroatoms. The summed E-state index contributed by atoms with van der Waals surface area (Å²) in [6.07, 6.45) is 1.05. The van der Waals surface area contributed by atoms with E-state index in [0.29, 0.717) is 24.2 Å². The van der Waals surface area contributed by atoms with Crippen molar-refractivity contribution < 1.29 is 31.9 Å². The minimum atomic E-state index is -4.74. The van der Waals surface area contributed by atoms with Gasteiger partial charge in [-0.25, -0.2) is 4.39 Å². The fraction of sp³-hybridized carbons (Fsp3) is 0.525. The number of fused-ring (bicyclic) bond motifs is 1. The predicted molar refractivity (Wildman–Crippen MR) is 189 cm³/mol. The Morgan fingerprint density at radius 3 is 2.35 bits per heavy atom. The third kappa shape index (κ3) is 9.09. The second kappa shape index (κ2) is 15.7. The van der Waals surface area contributed by atoms with Gasteiger partial charge in [0.15, 0.2) is 0 Å². The Morgan fingerprint density at radius 2 is 1.75 bits per heavy atom. The number of alkyl halides is 3. The molecule has 1 N–H and O–H groups in total. The number of hydrogen-bond donors (Lipinski definition) is 1. The molecule has 276 valence electrons. The van der Waals surface area contributed by atoms with Crippen LogP contribution in [0.25, 0.3) is 11.1 Å². The van der Waals surface area contributed by atoms with Gasteiger partial charge < -0.3 is 19.5 Å². The van der Waals surface area contributed by atoms with Crippen LogP contribution in [0, 0.1) is 25.6 Å². The number of aromatic nitrogens is 1. The molecule has 2 aliphatic carbocycles. The molecule has 3 aromatic rings. The standard InChI is InChI=1S/C40H49F4N3O4/c1-7-51-37(49)21-34(28-18-26-9-8-10-31(26)32(19-28)38-24(4)16-29(41)17-25(38)5)45-39(50)35(15-23(2)3)47-22-27(13-14-46(6)30-11-12-30)33(20-36(47)48)40(42,43)44/h16-20,22-23,30,34-35H,7-15,21H2,1-6H3,(H,45,50). The molecule has 2 unspecified atom stereocenters. The highest BCUT2D eigenvalue weighted by Crippen LogP contribution is 2.39. The van der Waals surface area contributed by atoms with Gasteiger partial charge in [-0.05, 0) is 141 Å². The van der Waals surface area contributed by atoms with Gasteiger partial charge >= 0.3 is 12.1 Å². The van der Waals surface area contributed by atoms with Crippen LogP contribution in [0.4, 0.5) is 17.6 Å². The van der Waals surface area contributed by atoms with E-state index in [2.05, 4.69) is 5.32 Å². The summed E-state index contributed by atoms with van der Waals surface area (Å²) in [6, 6.07) is 5.85. The molecule has 0 radical (unpaired) electrons. The lowest BCUT2D eigenvalue weighted by molar-refractivity contribution is -0.144. The lowest BCUT2D eigenvalue weighted by Crippen LogP contribution is -2.41. The van der Waals surface area contributed by atoms with E-state index in [9.17, 15) is 31.9 Å². The van der Waals surface area contributed by atoms with Crippen LogP contribution in [-0.2, 0) is 39.8 Å². The highest BCUT2D eigenvalue weighted by molar-refractivity contribution is 5.82. The van der Waals surface area contributed by atoms with Crippen LogP contribution >= 0.6 is 0 Å². The molecule has 1 aromatic heterocycles. The van der Waals surface area contributed by atoms with Gasteiger partial charge in [0, 0.05) is 24.8 Å². The van der Waals surface area contributed by atoms with E-state index < -0.39 is 41.3 Å². The minimum Gasteiger partial charge on any atom is -0.466 e. The number of halogens is 4. The fourth-order valence-electron chi connectivity index (χ4n) is 7.48. The molecule has 0 spiro atoms. The number of likely N-dealkylation sites (N-methyl/N-ethyl adjacent to an activating group) is 1. The van der Waals surface area contributed by atoms with Gasteiger partial charge in [-0.3, -0.25) is 14.4 Å². The topological polar surface area (TPSA) is 80.6 Å². The number of rotatable bonds is 14. The lowest BCUT2D eigenvalue weighted by Gasteiger charge is -2.27. The predicted octanol–water partition coefficient (Wildman–Crippen LogP) is 7.81. The van der Waals surface area contributed by atoms with E-state index in [1.807, 2.05) is 51.8 Å². The number of nitrogens with zero attached hydrogens (tertiary/aromatic N) is 2. The molecular formula is C40H49F4N3O4. The summed E-state index contributed by atoms with van der Waals surface area (Å²) < 4.78 is 63.3. The van der Waals surface area contributed by atoms with Crippen molar-refractivity contribution in [1.29, 1.82) is 0 Å². The first-order valence-electron chi connectivity index (χ1n) is 18.0. The quantitative estimate of drug-likeness (QED) is 0.136. The number of hydrogen-bond acceptors (Lipinski definition) is 5. The highest BCUT2D eigenvalue weighted by atomic mass is 19.4. The van der Waals surface area contributed by atoms with Crippen LogP contribution in [0.5, 0.6) is 0 Å². The largest absolute Gasteiger partial charge is 0.466 e. The van der Waals surface area contributed by atoms with Crippen molar-refractivity contribution in [1.82, 2.24) is 14.8 Å². The molecular weight excluding hydrogens is 662 g/mol. The average Bonchev–Trinajstić information content (AvgIpc) is 3.78. The molecule has 0 bridgehead atoms. The molecule has 1 fully saturated rings. The maximum Gasteiger partial charge on any atom is 0.416 e. The summed E-state index contributed by atoms with van der Waals surface area (Å²) in [7, 11) is 1.88. The minimum absolute atomic E-state index is 0.0486. The van der Waals surface area contributed by atoms with Gasteiger partial charge in [0.05, 0.1) is 24.6 Å². The van der Waals surface area contributed by atoms with Crippen LogP contribution in [0.2, 0.25) is 0 Å². The first-order chi connectivity index (χ1) is 24.1. The Bertz CT molecular complexity index is 1810. The Labute approximate surface area is 297 Å². The van der Waals surface area contributed by atoms with E-state index in [1.54, 1.807) is 6.92 Å². The van der Waals surface area contributed by atoms with E-state index in [0.717, 1.165) is 70.1 Å². The number of benzene rings is 2. The second-order valence-corrected chi connectivity index (χ2v) is 14.6. The van der Waals surface area contributed by atoms with Gasteiger partial charge in [-0.15, -0.1) is 0 Å². The number of nitrogens with one attached hydrogen (secondary N) is 1. The summed E-state index contributed by atoms with van der Waals surface area (Å²) in [5.74, 6) is -1.55. The van der Waals surface area contributed by atoms with Crippen LogP contribution in [0.3, 0.4) is 0 Å². The van der Waals surface area contributed by atoms with Crippen molar-refractivity contribution >= 4 is 11.9 Å². The summed E-state index contributed by atoms with van der Waals surface area (Å²) in [5, 5.41) is 3.01. The number of amides is 1. The highest BCUT2D eigenvalue weighted by Gasteiger charge is 2.36. The van der Waals surface area contributed by atoms with Gasteiger partial charge in [-0.1, -0.05) is 19.9 Å². The number of ether oxygens (including phenoxy) is 1. The zero-order chi connectivity index (χ0) is 37.2. The van der Waals surface area contributed by atoms with Crippen LogP contribution < -0.4 is 10.9 Å². The molecule has 2 aromatic carbocycles. The number of carbonyl (C=O) groups excluding carboxylic acids is 2. The number of carbonyl (C=O) groups is 2. The summed E-state index contributed by atoms with van der Waals surface area (Å²) in [4.78, 5) is 42.8. The van der Waals surface area contributed by atoms with Crippen molar-refractivity contribution in [2.75, 3.05) is 20.2 Å². The first-order valence-corrected chi connectivity index (χ1v) is 18.0. The maximum atomic E-state index is 14.4. The third-order valence-corrected chi connectivity index (χ3v) is 10.1. The van der Waals surface area contributed by atoms with Crippen molar-refractivity contribution in [2.45, 2.75) is 110 Å². The Morgan fingerprint density at radius 1 is 1.06 bits per heavy atom. The van der Waals surface area contributed by atoms with Gasteiger partial charge in [0.2, 0.25) is 5.91 Å². The fourth-order valence-corrected chi connectivity index (χ4v) is 7.48. The number of esters is 1. The zero-order valence-corrected chi connectivity index (χ0v) is 30.4. The molecule has 51 heavy (non-hydrogen) atoms. The second-order valence-electron chi connectivity index (χ2n) is 14.6. The molecule has 7 nitrogen and oxygen atoms in total. The normalized spacial score (nSPS) is 15.6. The van der Waals surface area contributed by atoms with Gasteiger partial charge in [0.1, 0.15) is 11.9 Å². The van der Waals surface area contributed by atoms with E-state index >= 15 is 0 Å². The van der Waals surface area contributed by atoms with Crippen LogP contribution in [0.1, 0.15) is 104 Å². The maximum absolute atomic E-state index is 14.4. The van der Waals surface area contributed by atoms with Gasteiger partial charge in [0.25, 0.3) is 5.56 Å². The monoisotopic (exact) mass is 711 g/mol. The average molecular weight is 712 g/mol. The molecule has 5 rings (SSSR count). The number of aryl methyl sites for hydroxylation is 3. The van der Waals surface area contributed by atoms with Crippen molar-refractivity contribution in [3.8, 4) is 11.1 Å². The molecule has 1 saturated carbocycles. The van der Waals surface area contributed by atoms with E-state index in [-0.39, 0.29) is 43.2 Å². The van der Waals surface area contributed by atoms with Crippen LogP contribution in [-0.4, -0.2) is 47.6 Å². The Balaban J connectivity index is 1.56. The van der Waals surface area contributed by atoms with Crippen molar-refractivity contribution in [3.63, 3.8) is 0 Å². The Kier molecular flexibility index (Phi) is 11.8. The molecule has 0 saturated heterocycles. The van der Waals surface area contributed by atoms with E-state index in [1.165, 1.54) is 18.3 Å². The molecule has 1 amide bonds. The lowest BCUT2D eigenvalue weighted by atomic mass is 9.87. The van der Waals surface area contributed by atoms with Crippen molar-refractivity contribution in [2.24, 2.45) is 5.92 Å². The van der Waals surface area contributed by atoms with E-state index in [4.69, 9.17) is 4.74 Å².